The second-order valence-corrected chi connectivity index (χ2v) is 5.36. The Bertz CT molecular complexity index is 554. The number of benzene rings is 1. The summed E-state index contributed by atoms with van der Waals surface area (Å²) in [6.07, 6.45) is 1.72. The molecule has 2 rings (SSSR count). The van der Waals surface area contributed by atoms with Crippen molar-refractivity contribution in [1.82, 2.24) is 4.90 Å². The molecule has 1 amide bonds. The van der Waals surface area contributed by atoms with Gasteiger partial charge in [-0.05, 0) is 37.5 Å². The highest BCUT2D eigenvalue weighted by atomic mass is 19.1. The molecule has 1 aliphatic heterocycles. The first kappa shape index (κ1) is 16.4. The van der Waals surface area contributed by atoms with E-state index in [4.69, 9.17) is 4.74 Å². The Morgan fingerprint density at radius 3 is 2.59 bits per heavy atom. The number of hydrogen-bond acceptors (Lipinski definition) is 3. The van der Waals surface area contributed by atoms with E-state index in [0.29, 0.717) is 32.5 Å². The zero-order valence-corrected chi connectivity index (χ0v) is 12.5. The number of rotatable bonds is 4. The van der Waals surface area contributed by atoms with Crippen LogP contribution >= 0.6 is 0 Å². The zero-order valence-electron chi connectivity index (χ0n) is 12.5. The topological polar surface area (TPSA) is 46.6 Å². The maximum atomic E-state index is 13.6. The van der Waals surface area contributed by atoms with Gasteiger partial charge < -0.3 is 9.64 Å². The number of ether oxygens (including phenoxy) is 1. The molecule has 0 atom stereocenters. The van der Waals surface area contributed by atoms with Gasteiger partial charge in [0.25, 0.3) is 5.91 Å². The van der Waals surface area contributed by atoms with Crippen LogP contribution in [0.25, 0.3) is 0 Å². The number of halogens is 2. The summed E-state index contributed by atoms with van der Waals surface area (Å²) in [5.74, 6) is -2.41. The van der Waals surface area contributed by atoms with Crippen LogP contribution in [0, 0.1) is 17.6 Å². The van der Waals surface area contributed by atoms with Crippen LogP contribution in [-0.2, 0) is 9.53 Å². The summed E-state index contributed by atoms with van der Waals surface area (Å²) in [5, 5.41) is 0. The Kier molecular flexibility index (Phi) is 5.46. The smallest absolute Gasteiger partial charge is 0.309 e. The molecule has 1 aliphatic rings. The van der Waals surface area contributed by atoms with Crippen LogP contribution in [0.2, 0.25) is 0 Å². The van der Waals surface area contributed by atoms with Crippen molar-refractivity contribution in [2.75, 3.05) is 19.7 Å². The SMILES string of the molecule is CCCOC(=O)C1CCN(C(=O)c2cc(F)ccc2F)CC1. The van der Waals surface area contributed by atoms with Crippen LogP contribution in [0.5, 0.6) is 0 Å². The van der Waals surface area contributed by atoms with Crippen LogP contribution in [0.1, 0.15) is 36.5 Å². The lowest BCUT2D eigenvalue weighted by Crippen LogP contribution is -2.41. The second-order valence-electron chi connectivity index (χ2n) is 5.36. The Morgan fingerprint density at radius 2 is 1.95 bits per heavy atom. The molecule has 0 unspecified atom stereocenters. The number of carbonyl (C=O) groups is 2. The maximum Gasteiger partial charge on any atom is 0.309 e. The molecule has 1 aromatic carbocycles. The largest absolute Gasteiger partial charge is 0.465 e. The molecule has 22 heavy (non-hydrogen) atoms. The maximum absolute atomic E-state index is 13.6. The van der Waals surface area contributed by atoms with E-state index in [1.165, 1.54) is 4.90 Å². The van der Waals surface area contributed by atoms with Crippen LogP contribution in [0.15, 0.2) is 18.2 Å². The molecule has 0 N–H and O–H groups in total. The van der Waals surface area contributed by atoms with Gasteiger partial charge in [0.1, 0.15) is 11.6 Å². The molecule has 0 bridgehead atoms. The standard InChI is InChI=1S/C16H19F2NO3/c1-2-9-22-16(21)11-5-7-19(8-6-11)15(20)13-10-12(17)3-4-14(13)18/h3-4,10-11H,2,5-9H2,1H3. The summed E-state index contributed by atoms with van der Waals surface area (Å²) >= 11 is 0. The summed E-state index contributed by atoms with van der Waals surface area (Å²) in [4.78, 5) is 25.4. The third kappa shape index (κ3) is 3.81. The first-order valence-corrected chi connectivity index (χ1v) is 7.44. The van der Waals surface area contributed by atoms with E-state index in [1.807, 2.05) is 6.92 Å². The van der Waals surface area contributed by atoms with Crippen molar-refractivity contribution in [3.63, 3.8) is 0 Å². The minimum absolute atomic E-state index is 0.229. The number of carbonyl (C=O) groups excluding carboxylic acids is 2. The molecular formula is C16H19F2NO3. The second kappa shape index (κ2) is 7.33. The van der Waals surface area contributed by atoms with Gasteiger partial charge in [-0.2, -0.15) is 0 Å². The molecule has 0 aromatic heterocycles. The Morgan fingerprint density at radius 1 is 1.27 bits per heavy atom. The molecule has 1 fully saturated rings. The molecule has 1 saturated heterocycles. The molecular weight excluding hydrogens is 292 g/mol. The van der Waals surface area contributed by atoms with Gasteiger partial charge in [-0.25, -0.2) is 8.78 Å². The summed E-state index contributed by atoms with van der Waals surface area (Å²) in [6.45, 7) is 2.98. The fourth-order valence-electron chi connectivity index (χ4n) is 2.47. The van der Waals surface area contributed by atoms with Gasteiger partial charge >= 0.3 is 5.97 Å². The van der Waals surface area contributed by atoms with Crippen molar-refractivity contribution in [2.24, 2.45) is 5.92 Å². The fraction of sp³-hybridized carbons (Fsp3) is 0.500. The van der Waals surface area contributed by atoms with Crippen LogP contribution < -0.4 is 0 Å². The third-order valence-corrected chi connectivity index (χ3v) is 3.72. The minimum atomic E-state index is -0.740. The van der Waals surface area contributed by atoms with Crippen molar-refractivity contribution in [3.05, 3.63) is 35.4 Å². The fourth-order valence-corrected chi connectivity index (χ4v) is 2.47. The quantitative estimate of drug-likeness (QED) is 0.803. The highest BCUT2D eigenvalue weighted by molar-refractivity contribution is 5.94. The Balaban J connectivity index is 1.95. The van der Waals surface area contributed by atoms with Gasteiger partial charge in [0, 0.05) is 13.1 Å². The van der Waals surface area contributed by atoms with Gasteiger partial charge in [0.15, 0.2) is 0 Å². The monoisotopic (exact) mass is 311 g/mol. The minimum Gasteiger partial charge on any atom is -0.465 e. The molecule has 6 heteroatoms. The van der Waals surface area contributed by atoms with Crippen molar-refractivity contribution < 1.29 is 23.1 Å². The zero-order chi connectivity index (χ0) is 16.1. The third-order valence-electron chi connectivity index (χ3n) is 3.72. The molecule has 0 spiro atoms. The lowest BCUT2D eigenvalue weighted by Gasteiger charge is -2.31. The molecule has 1 heterocycles. The van der Waals surface area contributed by atoms with Crippen LogP contribution in [-0.4, -0.2) is 36.5 Å². The predicted molar refractivity (Wildman–Crippen MR) is 76.2 cm³/mol. The average Bonchev–Trinajstić information content (AvgIpc) is 2.54. The normalized spacial score (nSPS) is 15.7. The van der Waals surface area contributed by atoms with E-state index in [-0.39, 0.29) is 17.5 Å². The molecule has 0 radical (unpaired) electrons. The van der Waals surface area contributed by atoms with Crippen molar-refractivity contribution in [1.29, 1.82) is 0 Å². The van der Waals surface area contributed by atoms with E-state index >= 15 is 0 Å². The molecule has 4 nitrogen and oxygen atoms in total. The number of amides is 1. The van der Waals surface area contributed by atoms with E-state index in [9.17, 15) is 18.4 Å². The Labute approximate surface area is 128 Å². The summed E-state index contributed by atoms with van der Waals surface area (Å²) < 4.78 is 31.9. The number of nitrogens with zero attached hydrogens (tertiary/aromatic N) is 1. The highest BCUT2D eigenvalue weighted by Gasteiger charge is 2.29. The number of piperidine rings is 1. The van der Waals surface area contributed by atoms with Crippen molar-refractivity contribution in [2.45, 2.75) is 26.2 Å². The molecule has 0 aliphatic carbocycles. The van der Waals surface area contributed by atoms with E-state index < -0.39 is 17.5 Å². The number of likely N-dealkylation sites (tertiary alicyclic amines) is 1. The van der Waals surface area contributed by atoms with E-state index in [2.05, 4.69) is 0 Å². The molecule has 120 valence electrons. The van der Waals surface area contributed by atoms with Crippen LogP contribution in [0.4, 0.5) is 8.78 Å². The predicted octanol–water partition coefficient (Wildman–Crippen LogP) is 2.77. The average molecular weight is 311 g/mol. The molecule has 1 aromatic rings. The van der Waals surface area contributed by atoms with E-state index in [1.54, 1.807) is 0 Å². The number of esters is 1. The van der Waals surface area contributed by atoms with Crippen LogP contribution in [0.3, 0.4) is 0 Å². The van der Waals surface area contributed by atoms with Gasteiger partial charge in [-0.1, -0.05) is 6.92 Å². The Hall–Kier alpha value is -1.98. The van der Waals surface area contributed by atoms with Gasteiger partial charge in [0.2, 0.25) is 0 Å². The summed E-state index contributed by atoms with van der Waals surface area (Å²) in [5.41, 5.74) is -0.271. The van der Waals surface area contributed by atoms with Gasteiger partial charge in [0.05, 0.1) is 18.1 Å². The highest BCUT2D eigenvalue weighted by Crippen LogP contribution is 2.21. The van der Waals surface area contributed by atoms with Gasteiger partial charge in [-0.15, -0.1) is 0 Å². The summed E-state index contributed by atoms with van der Waals surface area (Å²) in [6, 6.07) is 2.82. The van der Waals surface area contributed by atoms with Crippen molar-refractivity contribution in [3.8, 4) is 0 Å². The first-order chi connectivity index (χ1) is 10.5. The lowest BCUT2D eigenvalue weighted by atomic mass is 9.96. The summed E-state index contributed by atoms with van der Waals surface area (Å²) in [7, 11) is 0. The van der Waals surface area contributed by atoms with Gasteiger partial charge in [-0.3, -0.25) is 9.59 Å². The van der Waals surface area contributed by atoms with E-state index in [0.717, 1.165) is 24.6 Å². The number of hydrogen-bond donors (Lipinski definition) is 0. The first-order valence-electron chi connectivity index (χ1n) is 7.44. The molecule has 0 saturated carbocycles. The lowest BCUT2D eigenvalue weighted by molar-refractivity contribution is -0.150. The van der Waals surface area contributed by atoms with Crippen molar-refractivity contribution >= 4 is 11.9 Å².